The first-order valence-corrected chi connectivity index (χ1v) is 7.71. The number of fused-ring (bicyclic) bond motifs is 1. The molecule has 24 heavy (non-hydrogen) atoms. The fourth-order valence-corrected chi connectivity index (χ4v) is 2.25. The van der Waals surface area contributed by atoms with Gasteiger partial charge in [0, 0.05) is 30.0 Å². The maximum absolute atomic E-state index is 11.9. The Bertz CT molecular complexity index is 763. The van der Waals surface area contributed by atoms with Gasteiger partial charge < -0.3 is 20.2 Å². The fraction of sp³-hybridized carbons (Fsp3) is 0.353. The van der Waals surface area contributed by atoms with E-state index in [-0.39, 0.29) is 30.0 Å². The van der Waals surface area contributed by atoms with E-state index < -0.39 is 5.97 Å². The van der Waals surface area contributed by atoms with Crippen molar-refractivity contribution >= 4 is 34.4 Å². The number of hydrogen-bond acceptors (Lipinski definition) is 4. The number of carbonyl (C=O) groups is 3. The zero-order chi connectivity index (χ0) is 17.7. The molecule has 0 unspecified atom stereocenters. The lowest BCUT2D eigenvalue weighted by Crippen LogP contribution is -2.29. The first kappa shape index (κ1) is 17.5. The van der Waals surface area contributed by atoms with Crippen LogP contribution in [-0.4, -0.2) is 28.9 Å². The van der Waals surface area contributed by atoms with Gasteiger partial charge in [-0.1, -0.05) is 0 Å². The summed E-state index contributed by atoms with van der Waals surface area (Å²) in [5.74, 6) is -1.56. The number of rotatable bonds is 7. The van der Waals surface area contributed by atoms with Gasteiger partial charge in [-0.2, -0.15) is 0 Å². The van der Waals surface area contributed by atoms with Crippen LogP contribution < -0.4 is 10.6 Å². The van der Waals surface area contributed by atoms with Crippen molar-refractivity contribution in [2.75, 3.05) is 5.32 Å². The van der Waals surface area contributed by atoms with Crippen molar-refractivity contribution in [2.45, 2.75) is 39.2 Å². The van der Waals surface area contributed by atoms with E-state index in [2.05, 4.69) is 10.6 Å². The van der Waals surface area contributed by atoms with E-state index in [9.17, 15) is 14.4 Å². The quantitative estimate of drug-likeness (QED) is 0.722. The van der Waals surface area contributed by atoms with Crippen molar-refractivity contribution in [3.63, 3.8) is 0 Å². The number of furan rings is 1. The predicted octanol–water partition coefficient (Wildman–Crippen LogP) is 2.76. The number of nitrogens with one attached hydrogen (secondary N) is 2. The Balaban J connectivity index is 1.88. The molecule has 0 aliphatic heterocycles. The Kier molecular flexibility index (Phi) is 5.57. The van der Waals surface area contributed by atoms with Gasteiger partial charge in [0.25, 0.3) is 0 Å². The molecule has 0 spiro atoms. The second-order valence-corrected chi connectivity index (χ2v) is 5.79. The van der Waals surface area contributed by atoms with Crippen molar-refractivity contribution in [3.05, 3.63) is 30.0 Å². The molecule has 0 bridgehead atoms. The molecule has 7 nitrogen and oxygen atoms in total. The van der Waals surface area contributed by atoms with Gasteiger partial charge in [-0.25, -0.2) is 4.79 Å². The van der Waals surface area contributed by atoms with Gasteiger partial charge in [-0.15, -0.1) is 0 Å². The standard InChI is InChI=1S/C17H20N2O5/c1-10(2)18-15(20)4-3-5-16(21)19-12-6-7-13-11(8-12)9-14(24-13)17(22)23/h6-10H,3-5H2,1-2H3,(H,18,20)(H,19,21)(H,22,23). The summed E-state index contributed by atoms with van der Waals surface area (Å²) in [7, 11) is 0. The van der Waals surface area contributed by atoms with E-state index in [0.717, 1.165) is 0 Å². The van der Waals surface area contributed by atoms with Crippen LogP contribution in [0.3, 0.4) is 0 Å². The lowest BCUT2D eigenvalue weighted by Gasteiger charge is -2.08. The van der Waals surface area contributed by atoms with Gasteiger partial charge in [0.2, 0.25) is 17.6 Å². The molecule has 7 heteroatoms. The fourth-order valence-electron chi connectivity index (χ4n) is 2.25. The summed E-state index contributed by atoms with van der Waals surface area (Å²) in [4.78, 5) is 34.3. The monoisotopic (exact) mass is 332 g/mol. The summed E-state index contributed by atoms with van der Waals surface area (Å²) in [6.45, 7) is 3.76. The largest absolute Gasteiger partial charge is 0.475 e. The third kappa shape index (κ3) is 4.84. The Hall–Kier alpha value is -2.83. The Morgan fingerprint density at radius 3 is 2.50 bits per heavy atom. The Morgan fingerprint density at radius 2 is 1.83 bits per heavy atom. The second-order valence-electron chi connectivity index (χ2n) is 5.79. The molecule has 0 saturated carbocycles. The number of anilines is 1. The highest BCUT2D eigenvalue weighted by molar-refractivity contribution is 5.96. The normalized spacial score (nSPS) is 10.8. The van der Waals surface area contributed by atoms with E-state index in [4.69, 9.17) is 9.52 Å². The van der Waals surface area contributed by atoms with Gasteiger partial charge in [0.15, 0.2) is 0 Å². The molecule has 0 aliphatic carbocycles. The molecule has 1 aromatic heterocycles. The van der Waals surface area contributed by atoms with E-state index >= 15 is 0 Å². The van der Waals surface area contributed by atoms with Gasteiger partial charge in [-0.05, 0) is 44.5 Å². The van der Waals surface area contributed by atoms with Crippen LogP contribution in [0, 0.1) is 0 Å². The summed E-state index contributed by atoms with van der Waals surface area (Å²) < 4.78 is 5.16. The maximum Gasteiger partial charge on any atom is 0.371 e. The van der Waals surface area contributed by atoms with Crippen molar-refractivity contribution in [1.29, 1.82) is 0 Å². The minimum atomic E-state index is -1.14. The first-order chi connectivity index (χ1) is 11.3. The van der Waals surface area contributed by atoms with Crippen LogP contribution in [0.1, 0.15) is 43.7 Å². The molecule has 2 aromatic rings. The summed E-state index contributed by atoms with van der Waals surface area (Å²) >= 11 is 0. The number of carboxylic acids is 1. The van der Waals surface area contributed by atoms with Crippen molar-refractivity contribution in [1.82, 2.24) is 5.32 Å². The van der Waals surface area contributed by atoms with Crippen molar-refractivity contribution in [2.24, 2.45) is 0 Å². The molecule has 0 aliphatic rings. The number of benzene rings is 1. The molecule has 3 N–H and O–H groups in total. The molecule has 128 valence electrons. The van der Waals surface area contributed by atoms with Gasteiger partial charge >= 0.3 is 5.97 Å². The van der Waals surface area contributed by atoms with E-state index in [1.165, 1.54) is 6.07 Å². The molecule has 1 heterocycles. The molecule has 0 saturated heterocycles. The van der Waals surface area contributed by atoms with E-state index in [0.29, 0.717) is 29.5 Å². The maximum atomic E-state index is 11.9. The summed E-state index contributed by atoms with van der Waals surface area (Å²) in [5, 5.41) is 15.0. The van der Waals surface area contributed by atoms with E-state index in [1.54, 1.807) is 18.2 Å². The lowest BCUT2D eigenvalue weighted by molar-refractivity contribution is -0.121. The smallest absolute Gasteiger partial charge is 0.371 e. The van der Waals surface area contributed by atoms with E-state index in [1.807, 2.05) is 13.8 Å². The SMILES string of the molecule is CC(C)NC(=O)CCCC(=O)Nc1ccc2oc(C(=O)O)cc2c1. The van der Waals surface area contributed by atoms with Crippen LogP contribution in [0.5, 0.6) is 0 Å². The van der Waals surface area contributed by atoms with Crippen molar-refractivity contribution < 1.29 is 23.9 Å². The predicted molar refractivity (Wildman–Crippen MR) is 88.9 cm³/mol. The zero-order valence-electron chi connectivity index (χ0n) is 13.6. The number of carbonyl (C=O) groups excluding carboxylic acids is 2. The summed E-state index contributed by atoms with van der Waals surface area (Å²) in [6.07, 6.45) is 0.991. The molecule has 0 radical (unpaired) electrons. The van der Waals surface area contributed by atoms with Crippen LogP contribution in [0.15, 0.2) is 28.7 Å². The number of amides is 2. The minimum absolute atomic E-state index is 0.0705. The first-order valence-electron chi connectivity index (χ1n) is 7.71. The van der Waals surface area contributed by atoms with Crippen molar-refractivity contribution in [3.8, 4) is 0 Å². The zero-order valence-corrected chi connectivity index (χ0v) is 13.6. The van der Waals surface area contributed by atoms with Crippen LogP contribution in [-0.2, 0) is 9.59 Å². The minimum Gasteiger partial charge on any atom is -0.475 e. The van der Waals surface area contributed by atoms with Crippen LogP contribution in [0.2, 0.25) is 0 Å². The van der Waals surface area contributed by atoms with Gasteiger partial charge in [0.1, 0.15) is 5.58 Å². The highest BCUT2D eigenvalue weighted by atomic mass is 16.4. The second kappa shape index (κ2) is 7.63. The Morgan fingerprint density at radius 1 is 1.12 bits per heavy atom. The molecule has 0 fully saturated rings. The summed E-state index contributed by atoms with van der Waals surface area (Å²) in [6, 6.07) is 6.38. The molecule has 0 atom stereocenters. The molecule has 1 aromatic carbocycles. The van der Waals surface area contributed by atoms with Crippen LogP contribution in [0.25, 0.3) is 11.0 Å². The van der Waals surface area contributed by atoms with Gasteiger partial charge in [-0.3, -0.25) is 9.59 Å². The van der Waals surface area contributed by atoms with Crippen LogP contribution in [0.4, 0.5) is 5.69 Å². The molecular weight excluding hydrogens is 312 g/mol. The third-order valence-corrected chi connectivity index (χ3v) is 3.27. The average molecular weight is 332 g/mol. The van der Waals surface area contributed by atoms with Gasteiger partial charge in [0.05, 0.1) is 0 Å². The summed E-state index contributed by atoms with van der Waals surface area (Å²) in [5.41, 5.74) is 0.993. The number of carboxylic acid groups (broad SMARTS) is 1. The molecule has 2 rings (SSSR count). The lowest BCUT2D eigenvalue weighted by atomic mass is 10.2. The average Bonchev–Trinajstić information content (AvgIpc) is 2.89. The molecular formula is C17H20N2O5. The third-order valence-electron chi connectivity index (χ3n) is 3.27. The highest BCUT2D eigenvalue weighted by Gasteiger charge is 2.11. The molecule has 2 amide bonds. The highest BCUT2D eigenvalue weighted by Crippen LogP contribution is 2.23. The topological polar surface area (TPSA) is 109 Å². The number of aromatic carboxylic acids is 1. The Labute approximate surface area is 139 Å². The van der Waals surface area contributed by atoms with Crippen LogP contribution >= 0.6 is 0 Å². The number of hydrogen-bond donors (Lipinski definition) is 3.